The second-order valence-electron chi connectivity index (χ2n) is 3.88. The number of anilines is 1. The number of aryl methyl sites for hydroxylation is 1. The highest BCUT2D eigenvalue weighted by Gasteiger charge is 2.11. The Morgan fingerprint density at radius 3 is 2.71 bits per heavy atom. The lowest BCUT2D eigenvalue weighted by Gasteiger charge is -2.09. The van der Waals surface area contributed by atoms with E-state index in [2.05, 4.69) is 10.3 Å². The number of carbonyl (C=O) groups excluding carboxylic acids is 1. The minimum Gasteiger partial charge on any atom is -0.397 e. The average Bonchev–Trinajstić information content (AvgIpc) is 2.53. The molecule has 0 aliphatic heterocycles. The highest BCUT2D eigenvalue weighted by Crippen LogP contribution is 2.08. The standard InChI is InChI=1S/C10H18N6O/c1-6(15-10(12)13)4-14-9(17)8-3-7(11)5-16(8)2/h3,5-6H,4,11H2,1-2H3,(H,14,17)(H4,12,13,15). The van der Waals surface area contributed by atoms with Gasteiger partial charge in [0.25, 0.3) is 5.91 Å². The SMILES string of the molecule is CC(CNC(=O)c1cc(N)cn1C)N=C(N)N. The average molecular weight is 238 g/mol. The van der Waals surface area contributed by atoms with Gasteiger partial charge in [-0.05, 0) is 13.0 Å². The van der Waals surface area contributed by atoms with Crippen LogP contribution in [0.25, 0.3) is 0 Å². The number of nitrogens with two attached hydrogens (primary N) is 3. The summed E-state index contributed by atoms with van der Waals surface area (Å²) in [6, 6.07) is 1.45. The highest BCUT2D eigenvalue weighted by molar-refractivity contribution is 5.93. The van der Waals surface area contributed by atoms with Crippen LogP contribution in [0.3, 0.4) is 0 Å². The Kier molecular flexibility index (Phi) is 3.97. The van der Waals surface area contributed by atoms with Crippen LogP contribution in [-0.4, -0.2) is 29.0 Å². The van der Waals surface area contributed by atoms with Crippen LogP contribution in [0, 0.1) is 0 Å². The van der Waals surface area contributed by atoms with Gasteiger partial charge in [0.15, 0.2) is 5.96 Å². The molecule has 1 aromatic heterocycles. The molecule has 7 N–H and O–H groups in total. The summed E-state index contributed by atoms with van der Waals surface area (Å²) in [6.45, 7) is 2.17. The number of nitrogen functional groups attached to an aromatic ring is 1. The molecule has 0 saturated heterocycles. The van der Waals surface area contributed by atoms with Crippen molar-refractivity contribution in [1.82, 2.24) is 9.88 Å². The predicted octanol–water partition coefficient (Wildman–Crippen LogP) is -1.00. The fraction of sp³-hybridized carbons (Fsp3) is 0.400. The van der Waals surface area contributed by atoms with E-state index in [-0.39, 0.29) is 17.9 Å². The fourth-order valence-corrected chi connectivity index (χ4v) is 1.45. The van der Waals surface area contributed by atoms with Crippen molar-refractivity contribution in [2.75, 3.05) is 12.3 Å². The number of guanidine groups is 1. The smallest absolute Gasteiger partial charge is 0.268 e. The summed E-state index contributed by atoms with van der Waals surface area (Å²) in [5, 5.41) is 2.72. The van der Waals surface area contributed by atoms with Crippen molar-refractivity contribution in [2.45, 2.75) is 13.0 Å². The van der Waals surface area contributed by atoms with Crippen molar-refractivity contribution >= 4 is 17.6 Å². The molecule has 1 amide bonds. The lowest BCUT2D eigenvalue weighted by Crippen LogP contribution is -2.33. The Hall–Kier alpha value is -2.18. The Balaban J connectivity index is 2.56. The van der Waals surface area contributed by atoms with Crippen LogP contribution in [0.1, 0.15) is 17.4 Å². The van der Waals surface area contributed by atoms with E-state index >= 15 is 0 Å². The van der Waals surface area contributed by atoms with Crippen molar-refractivity contribution in [3.05, 3.63) is 18.0 Å². The van der Waals surface area contributed by atoms with Gasteiger partial charge in [-0.3, -0.25) is 4.79 Å². The molecule has 1 atom stereocenters. The molecule has 1 unspecified atom stereocenters. The molecule has 7 nitrogen and oxygen atoms in total. The van der Waals surface area contributed by atoms with E-state index in [4.69, 9.17) is 17.2 Å². The van der Waals surface area contributed by atoms with E-state index in [0.29, 0.717) is 17.9 Å². The van der Waals surface area contributed by atoms with Gasteiger partial charge in [0.05, 0.1) is 11.7 Å². The zero-order valence-corrected chi connectivity index (χ0v) is 9.97. The van der Waals surface area contributed by atoms with E-state index in [9.17, 15) is 4.79 Å². The summed E-state index contributed by atoms with van der Waals surface area (Å²) in [5.41, 5.74) is 17.1. The van der Waals surface area contributed by atoms with Crippen LogP contribution < -0.4 is 22.5 Å². The summed E-state index contributed by atoms with van der Waals surface area (Å²) < 4.78 is 1.66. The molecule has 0 saturated carbocycles. The molecule has 0 aliphatic carbocycles. The van der Waals surface area contributed by atoms with Gasteiger partial charge < -0.3 is 27.1 Å². The Bertz CT molecular complexity index is 432. The molecule has 1 heterocycles. The van der Waals surface area contributed by atoms with Crippen LogP contribution in [0.15, 0.2) is 17.3 Å². The number of amides is 1. The third kappa shape index (κ3) is 3.71. The maximum atomic E-state index is 11.8. The molecule has 0 radical (unpaired) electrons. The summed E-state index contributed by atoms with van der Waals surface area (Å²) in [4.78, 5) is 15.7. The van der Waals surface area contributed by atoms with E-state index in [1.807, 2.05) is 0 Å². The Morgan fingerprint density at radius 2 is 2.24 bits per heavy atom. The number of nitrogens with zero attached hydrogens (tertiary/aromatic N) is 2. The summed E-state index contributed by atoms with van der Waals surface area (Å²) in [6.07, 6.45) is 1.67. The van der Waals surface area contributed by atoms with Gasteiger partial charge in [-0.15, -0.1) is 0 Å². The Morgan fingerprint density at radius 1 is 1.59 bits per heavy atom. The van der Waals surface area contributed by atoms with E-state index in [1.54, 1.807) is 30.8 Å². The molecule has 0 spiro atoms. The molecular weight excluding hydrogens is 220 g/mol. The normalized spacial score (nSPS) is 11.9. The van der Waals surface area contributed by atoms with Crippen molar-refractivity contribution in [2.24, 2.45) is 23.5 Å². The van der Waals surface area contributed by atoms with Crippen LogP contribution >= 0.6 is 0 Å². The molecule has 7 heteroatoms. The van der Waals surface area contributed by atoms with Crippen molar-refractivity contribution < 1.29 is 4.79 Å². The topological polar surface area (TPSA) is 124 Å². The Labute approximate surface area is 99.7 Å². The minimum absolute atomic E-state index is 0.00913. The maximum Gasteiger partial charge on any atom is 0.268 e. The summed E-state index contributed by atoms with van der Waals surface area (Å²) in [7, 11) is 1.75. The zero-order chi connectivity index (χ0) is 13.0. The first-order chi connectivity index (χ1) is 7.90. The summed E-state index contributed by atoms with van der Waals surface area (Å²) in [5.74, 6) is -0.197. The predicted molar refractivity (Wildman–Crippen MR) is 67.4 cm³/mol. The zero-order valence-electron chi connectivity index (χ0n) is 9.97. The minimum atomic E-state index is -0.207. The third-order valence-corrected chi connectivity index (χ3v) is 2.19. The van der Waals surface area contributed by atoms with Crippen LogP contribution in [0.2, 0.25) is 0 Å². The number of aromatic nitrogens is 1. The number of carbonyl (C=O) groups is 1. The number of rotatable bonds is 4. The molecule has 1 aromatic rings. The lowest BCUT2D eigenvalue weighted by molar-refractivity contribution is 0.0943. The van der Waals surface area contributed by atoms with Gasteiger partial charge in [0.1, 0.15) is 5.69 Å². The largest absolute Gasteiger partial charge is 0.397 e. The van der Waals surface area contributed by atoms with Crippen molar-refractivity contribution in [3.63, 3.8) is 0 Å². The lowest BCUT2D eigenvalue weighted by atomic mass is 10.3. The number of aliphatic imine (C=N–C) groups is 1. The van der Waals surface area contributed by atoms with Crippen molar-refractivity contribution in [1.29, 1.82) is 0 Å². The summed E-state index contributed by atoms with van der Waals surface area (Å²) >= 11 is 0. The van der Waals surface area contributed by atoms with Gasteiger partial charge in [0.2, 0.25) is 0 Å². The molecule has 0 bridgehead atoms. The molecule has 0 fully saturated rings. The quantitative estimate of drug-likeness (QED) is 0.396. The molecule has 1 rings (SSSR count). The second kappa shape index (κ2) is 5.24. The molecule has 0 aliphatic rings. The van der Waals surface area contributed by atoms with Gasteiger partial charge in [-0.2, -0.15) is 0 Å². The van der Waals surface area contributed by atoms with E-state index < -0.39 is 0 Å². The van der Waals surface area contributed by atoms with Crippen LogP contribution in [-0.2, 0) is 7.05 Å². The van der Waals surface area contributed by atoms with Crippen LogP contribution in [0.4, 0.5) is 5.69 Å². The van der Waals surface area contributed by atoms with Crippen molar-refractivity contribution in [3.8, 4) is 0 Å². The number of hydrogen-bond donors (Lipinski definition) is 4. The van der Waals surface area contributed by atoms with Gasteiger partial charge >= 0.3 is 0 Å². The van der Waals surface area contributed by atoms with Crippen LogP contribution in [0.5, 0.6) is 0 Å². The second-order valence-corrected chi connectivity index (χ2v) is 3.88. The first kappa shape index (κ1) is 12.9. The third-order valence-electron chi connectivity index (χ3n) is 2.19. The first-order valence-electron chi connectivity index (χ1n) is 5.19. The first-order valence-corrected chi connectivity index (χ1v) is 5.19. The number of hydrogen-bond acceptors (Lipinski definition) is 3. The molecule has 0 aromatic carbocycles. The van der Waals surface area contributed by atoms with Gasteiger partial charge in [0, 0.05) is 19.8 Å². The van der Waals surface area contributed by atoms with Gasteiger partial charge in [-0.25, -0.2) is 4.99 Å². The molecular formula is C10H18N6O. The van der Waals surface area contributed by atoms with E-state index in [1.165, 1.54) is 0 Å². The highest BCUT2D eigenvalue weighted by atomic mass is 16.1. The maximum absolute atomic E-state index is 11.8. The van der Waals surface area contributed by atoms with Gasteiger partial charge in [-0.1, -0.05) is 0 Å². The number of nitrogens with one attached hydrogen (secondary N) is 1. The fourth-order valence-electron chi connectivity index (χ4n) is 1.45. The monoisotopic (exact) mass is 238 g/mol. The molecule has 94 valence electrons. The molecule has 17 heavy (non-hydrogen) atoms. The van der Waals surface area contributed by atoms with E-state index in [0.717, 1.165) is 0 Å².